The molecule has 1 aromatic rings. The molecule has 62 valence electrons. The standard InChI is InChI=1S/C7H12FN3/c1-4(2)11-7(8)6(9)5(3)10-11/h4H,9H2,1-3H3. The molecule has 0 aliphatic rings. The molecule has 0 aliphatic carbocycles. The average Bonchev–Trinajstić information content (AvgIpc) is 2.17. The number of anilines is 1. The molecule has 11 heavy (non-hydrogen) atoms. The van der Waals surface area contributed by atoms with Gasteiger partial charge in [-0.3, -0.25) is 0 Å². The fourth-order valence-electron chi connectivity index (χ4n) is 0.874. The molecule has 3 nitrogen and oxygen atoms in total. The smallest absolute Gasteiger partial charge is 0.235 e. The van der Waals surface area contributed by atoms with Crippen LogP contribution in [0.1, 0.15) is 25.6 Å². The number of hydrogen-bond acceptors (Lipinski definition) is 2. The largest absolute Gasteiger partial charge is 0.393 e. The lowest BCUT2D eigenvalue weighted by Crippen LogP contribution is -2.06. The molecular weight excluding hydrogens is 145 g/mol. The van der Waals surface area contributed by atoms with Crippen LogP contribution in [0.4, 0.5) is 10.1 Å². The summed E-state index contributed by atoms with van der Waals surface area (Å²) >= 11 is 0. The Morgan fingerprint density at radius 3 is 2.27 bits per heavy atom. The number of rotatable bonds is 1. The Kier molecular flexibility index (Phi) is 1.85. The van der Waals surface area contributed by atoms with Gasteiger partial charge in [-0.2, -0.15) is 9.49 Å². The third-order valence-corrected chi connectivity index (χ3v) is 1.56. The van der Waals surface area contributed by atoms with E-state index in [2.05, 4.69) is 5.10 Å². The van der Waals surface area contributed by atoms with E-state index in [4.69, 9.17) is 5.73 Å². The van der Waals surface area contributed by atoms with E-state index >= 15 is 0 Å². The molecular formula is C7H12FN3. The van der Waals surface area contributed by atoms with E-state index in [1.165, 1.54) is 4.68 Å². The van der Waals surface area contributed by atoms with Crippen molar-refractivity contribution in [3.05, 3.63) is 11.6 Å². The molecule has 0 atom stereocenters. The maximum Gasteiger partial charge on any atom is 0.235 e. The van der Waals surface area contributed by atoms with E-state index < -0.39 is 5.95 Å². The van der Waals surface area contributed by atoms with Crippen molar-refractivity contribution in [2.75, 3.05) is 5.73 Å². The molecule has 1 heterocycles. The fraction of sp³-hybridized carbons (Fsp3) is 0.571. The van der Waals surface area contributed by atoms with Crippen LogP contribution in [0.3, 0.4) is 0 Å². The summed E-state index contributed by atoms with van der Waals surface area (Å²) in [7, 11) is 0. The minimum Gasteiger partial charge on any atom is -0.393 e. The van der Waals surface area contributed by atoms with Gasteiger partial charge in [0.2, 0.25) is 5.95 Å². The highest BCUT2D eigenvalue weighted by molar-refractivity contribution is 5.41. The van der Waals surface area contributed by atoms with E-state index in [1.54, 1.807) is 6.92 Å². The number of nitrogens with two attached hydrogens (primary N) is 1. The van der Waals surface area contributed by atoms with Gasteiger partial charge in [-0.05, 0) is 20.8 Å². The third-order valence-electron chi connectivity index (χ3n) is 1.56. The first kappa shape index (κ1) is 8.04. The van der Waals surface area contributed by atoms with Gasteiger partial charge in [-0.15, -0.1) is 0 Å². The molecule has 0 aromatic carbocycles. The molecule has 1 aromatic heterocycles. The predicted molar refractivity (Wildman–Crippen MR) is 41.7 cm³/mol. The lowest BCUT2D eigenvalue weighted by molar-refractivity contribution is 0.416. The highest BCUT2D eigenvalue weighted by Crippen LogP contribution is 2.17. The van der Waals surface area contributed by atoms with Crippen LogP contribution in [0, 0.1) is 12.9 Å². The van der Waals surface area contributed by atoms with Crippen LogP contribution < -0.4 is 5.73 Å². The Morgan fingerprint density at radius 1 is 1.55 bits per heavy atom. The summed E-state index contributed by atoms with van der Waals surface area (Å²) < 4.78 is 14.3. The third kappa shape index (κ3) is 1.20. The summed E-state index contributed by atoms with van der Waals surface area (Å²) in [5.41, 5.74) is 6.09. The van der Waals surface area contributed by atoms with Crippen LogP contribution in [-0.2, 0) is 0 Å². The molecule has 0 amide bonds. The van der Waals surface area contributed by atoms with Crippen LogP contribution >= 0.6 is 0 Å². The minimum atomic E-state index is -0.433. The Balaban J connectivity index is 3.19. The number of aromatic nitrogens is 2. The van der Waals surface area contributed by atoms with Crippen LogP contribution in [-0.4, -0.2) is 9.78 Å². The summed E-state index contributed by atoms with van der Waals surface area (Å²) in [5, 5.41) is 3.93. The van der Waals surface area contributed by atoms with Crippen molar-refractivity contribution >= 4 is 5.69 Å². The van der Waals surface area contributed by atoms with Crippen molar-refractivity contribution in [1.29, 1.82) is 0 Å². The molecule has 0 aliphatic heterocycles. The van der Waals surface area contributed by atoms with Crippen molar-refractivity contribution in [2.45, 2.75) is 26.8 Å². The van der Waals surface area contributed by atoms with Crippen LogP contribution in [0.15, 0.2) is 0 Å². The summed E-state index contributed by atoms with van der Waals surface area (Å²) in [5.74, 6) is -0.433. The van der Waals surface area contributed by atoms with E-state index in [-0.39, 0.29) is 11.7 Å². The average molecular weight is 157 g/mol. The quantitative estimate of drug-likeness (QED) is 0.671. The van der Waals surface area contributed by atoms with Crippen LogP contribution in [0.25, 0.3) is 0 Å². The molecule has 0 spiro atoms. The van der Waals surface area contributed by atoms with Gasteiger partial charge in [0.15, 0.2) is 0 Å². The number of nitrogens with zero attached hydrogens (tertiary/aromatic N) is 2. The molecule has 2 N–H and O–H groups in total. The first-order chi connectivity index (χ1) is 5.04. The van der Waals surface area contributed by atoms with Gasteiger partial charge in [0.05, 0.1) is 5.69 Å². The maximum atomic E-state index is 13.0. The van der Waals surface area contributed by atoms with E-state index in [0.717, 1.165) is 0 Å². The second kappa shape index (κ2) is 2.53. The molecule has 0 fully saturated rings. The zero-order valence-corrected chi connectivity index (χ0v) is 6.93. The van der Waals surface area contributed by atoms with Gasteiger partial charge in [0, 0.05) is 6.04 Å². The summed E-state index contributed by atoms with van der Waals surface area (Å²) in [6, 6.07) is 0.0194. The van der Waals surface area contributed by atoms with E-state index in [0.29, 0.717) is 5.69 Å². The molecule has 0 bridgehead atoms. The van der Waals surface area contributed by atoms with Crippen molar-refractivity contribution in [3.63, 3.8) is 0 Å². The zero-order valence-electron chi connectivity index (χ0n) is 6.93. The Hall–Kier alpha value is -1.06. The first-order valence-electron chi connectivity index (χ1n) is 3.54. The van der Waals surface area contributed by atoms with Gasteiger partial charge < -0.3 is 5.73 Å². The Morgan fingerprint density at radius 2 is 2.09 bits per heavy atom. The molecule has 0 radical (unpaired) electrons. The monoisotopic (exact) mass is 157 g/mol. The second-order valence-corrected chi connectivity index (χ2v) is 2.83. The van der Waals surface area contributed by atoms with Crippen LogP contribution in [0.5, 0.6) is 0 Å². The zero-order chi connectivity index (χ0) is 8.59. The Bertz CT molecular complexity index is 265. The molecule has 0 saturated carbocycles. The van der Waals surface area contributed by atoms with Gasteiger partial charge in [0.1, 0.15) is 5.69 Å². The summed E-state index contributed by atoms with van der Waals surface area (Å²) in [6.07, 6.45) is 0. The van der Waals surface area contributed by atoms with Gasteiger partial charge in [0.25, 0.3) is 0 Å². The SMILES string of the molecule is Cc1nn(C(C)C)c(F)c1N. The molecule has 4 heteroatoms. The highest BCUT2D eigenvalue weighted by atomic mass is 19.1. The number of hydrogen-bond donors (Lipinski definition) is 1. The van der Waals surface area contributed by atoms with Crippen molar-refractivity contribution in [3.8, 4) is 0 Å². The van der Waals surface area contributed by atoms with Crippen LogP contribution in [0.2, 0.25) is 0 Å². The van der Waals surface area contributed by atoms with Gasteiger partial charge >= 0.3 is 0 Å². The van der Waals surface area contributed by atoms with Crippen molar-refractivity contribution in [2.24, 2.45) is 0 Å². The van der Waals surface area contributed by atoms with Crippen molar-refractivity contribution < 1.29 is 4.39 Å². The van der Waals surface area contributed by atoms with E-state index in [1.807, 2.05) is 13.8 Å². The lowest BCUT2D eigenvalue weighted by Gasteiger charge is -2.04. The number of nitrogen functional groups attached to an aromatic ring is 1. The summed E-state index contributed by atoms with van der Waals surface area (Å²) in [4.78, 5) is 0. The normalized spacial score (nSPS) is 11.0. The number of halogens is 1. The summed E-state index contributed by atoms with van der Waals surface area (Å²) in [6.45, 7) is 5.40. The maximum absolute atomic E-state index is 13.0. The predicted octanol–water partition coefficient (Wildman–Crippen LogP) is 1.49. The Labute approximate surface area is 65.0 Å². The first-order valence-corrected chi connectivity index (χ1v) is 3.54. The topological polar surface area (TPSA) is 43.8 Å². The van der Waals surface area contributed by atoms with Crippen molar-refractivity contribution in [1.82, 2.24) is 9.78 Å². The molecule has 1 rings (SSSR count). The second-order valence-electron chi connectivity index (χ2n) is 2.83. The number of aryl methyl sites for hydroxylation is 1. The highest BCUT2D eigenvalue weighted by Gasteiger charge is 2.13. The molecule has 0 saturated heterocycles. The van der Waals surface area contributed by atoms with Gasteiger partial charge in [-0.25, -0.2) is 4.68 Å². The van der Waals surface area contributed by atoms with E-state index in [9.17, 15) is 4.39 Å². The minimum absolute atomic E-state index is 0.0194. The van der Waals surface area contributed by atoms with Gasteiger partial charge in [-0.1, -0.05) is 0 Å². The molecule has 0 unspecified atom stereocenters. The fourth-order valence-corrected chi connectivity index (χ4v) is 0.874. The lowest BCUT2D eigenvalue weighted by atomic mass is 10.4.